The van der Waals surface area contributed by atoms with E-state index in [-0.39, 0.29) is 0 Å². The van der Waals surface area contributed by atoms with Crippen molar-refractivity contribution in [3.05, 3.63) is 42.4 Å². The second-order valence-electron chi connectivity index (χ2n) is 2.90. The second-order valence-corrected chi connectivity index (χ2v) is 3.33. The topological polar surface area (TPSA) is 27.6 Å². The molecule has 0 aliphatic carbocycles. The molecular formula is C10H10ClN3. The highest BCUT2D eigenvalue weighted by Gasteiger charge is 2.03. The third-order valence-electron chi connectivity index (χ3n) is 1.80. The number of halogens is 1. The molecule has 0 radical (unpaired) electrons. The van der Waals surface area contributed by atoms with Crippen molar-refractivity contribution in [3.8, 4) is 0 Å². The predicted molar refractivity (Wildman–Crippen MR) is 59.2 cm³/mol. The van der Waals surface area contributed by atoms with E-state index in [1.54, 1.807) is 16.8 Å². The molecule has 1 aromatic rings. The number of anilines is 1. The molecular weight excluding hydrogens is 198 g/mol. The van der Waals surface area contributed by atoms with Gasteiger partial charge in [0.1, 0.15) is 5.82 Å². The van der Waals surface area contributed by atoms with Crippen LogP contribution in [-0.4, -0.2) is 17.2 Å². The Labute approximate surface area is 87.8 Å². The molecule has 0 amide bonds. The number of rotatable bonds is 2. The molecule has 1 aliphatic rings. The van der Waals surface area contributed by atoms with E-state index in [1.165, 1.54) is 0 Å². The minimum absolute atomic E-state index is 0.640. The van der Waals surface area contributed by atoms with Crippen LogP contribution in [0.5, 0.6) is 0 Å². The van der Waals surface area contributed by atoms with Crippen LogP contribution in [0.15, 0.2) is 47.3 Å². The van der Waals surface area contributed by atoms with E-state index in [2.05, 4.69) is 10.3 Å². The van der Waals surface area contributed by atoms with E-state index in [1.807, 2.05) is 30.3 Å². The number of benzene rings is 1. The number of hydrogen-bond acceptors (Lipinski definition) is 3. The van der Waals surface area contributed by atoms with Gasteiger partial charge in [-0.25, -0.2) is 4.99 Å². The van der Waals surface area contributed by atoms with Crippen molar-refractivity contribution in [1.82, 2.24) is 4.42 Å². The molecule has 1 aromatic carbocycles. The van der Waals surface area contributed by atoms with E-state index in [9.17, 15) is 0 Å². The normalized spacial score (nSPS) is 15.2. The lowest BCUT2D eigenvalue weighted by Crippen LogP contribution is -2.15. The van der Waals surface area contributed by atoms with Gasteiger partial charge in [-0.05, 0) is 12.1 Å². The van der Waals surface area contributed by atoms with Crippen molar-refractivity contribution in [1.29, 1.82) is 0 Å². The number of nitrogens with one attached hydrogen (secondary N) is 1. The van der Waals surface area contributed by atoms with Crippen molar-refractivity contribution in [2.45, 2.75) is 0 Å². The molecule has 0 aromatic heterocycles. The zero-order chi connectivity index (χ0) is 9.80. The molecule has 14 heavy (non-hydrogen) atoms. The summed E-state index contributed by atoms with van der Waals surface area (Å²) in [4.78, 5) is 4.17. The SMILES string of the molecule is ClN1C=C(Nc2ccccc2)N=CC1. The van der Waals surface area contributed by atoms with Crippen LogP contribution in [0.3, 0.4) is 0 Å². The molecule has 4 heteroatoms. The zero-order valence-corrected chi connectivity index (χ0v) is 8.28. The van der Waals surface area contributed by atoms with E-state index in [0.29, 0.717) is 6.54 Å². The van der Waals surface area contributed by atoms with Gasteiger partial charge in [0.2, 0.25) is 0 Å². The van der Waals surface area contributed by atoms with Crippen molar-refractivity contribution in [3.63, 3.8) is 0 Å². The molecule has 1 N–H and O–H groups in total. The smallest absolute Gasteiger partial charge is 0.147 e. The quantitative estimate of drug-likeness (QED) is 0.755. The Hall–Kier alpha value is -1.48. The number of para-hydroxylation sites is 1. The van der Waals surface area contributed by atoms with Gasteiger partial charge in [0.15, 0.2) is 0 Å². The van der Waals surface area contributed by atoms with Crippen LogP contribution >= 0.6 is 11.8 Å². The molecule has 0 saturated carbocycles. The van der Waals surface area contributed by atoms with Gasteiger partial charge in [-0.1, -0.05) is 18.2 Å². The molecule has 72 valence electrons. The maximum Gasteiger partial charge on any atom is 0.147 e. The van der Waals surface area contributed by atoms with Crippen LogP contribution < -0.4 is 5.32 Å². The van der Waals surface area contributed by atoms with Crippen LogP contribution in [0.1, 0.15) is 0 Å². The zero-order valence-electron chi connectivity index (χ0n) is 7.52. The third-order valence-corrected chi connectivity index (χ3v) is 2.03. The Morgan fingerprint density at radius 2 is 2.07 bits per heavy atom. The van der Waals surface area contributed by atoms with Crippen molar-refractivity contribution in [2.24, 2.45) is 4.99 Å². The van der Waals surface area contributed by atoms with Crippen LogP contribution in [0.25, 0.3) is 0 Å². The Balaban J connectivity index is 2.08. The van der Waals surface area contributed by atoms with Gasteiger partial charge in [-0.3, -0.25) is 4.42 Å². The summed E-state index contributed by atoms with van der Waals surface area (Å²) in [5, 5.41) is 3.15. The predicted octanol–water partition coefficient (Wildman–Crippen LogP) is 2.44. The highest BCUT2D eigenvalue weighted by Crippen LogP contribution is 2.12. The van der Waals surface area contributed by atoms with Gasteiger partial charge in [0.25, 0.3) is 0 Å². The summed E-state index contributed by atoms with van der Waals surface area (Å²) in [6.07, 6.45) is 3.52. The van der Waals surface area contributed by atoms with Gasteiger partial charge in [0, 0.05) is 23.7 Å². The molecule has 0 saturated heterocycles. The van der Waals surface area contributed by atoms with Crippen molar-refractivity contribution in [2.75, 3.05) is 11.9 Å². The molecule has 0 fully saturated rings. The molecule has 1 heterocycles. The number of nitrogens with zero attached hydrogens (tertiary/aromatic N) is 2. The first-order valence-corrected chi connectivity index (χ1v) is 4.67. The van der Waals surface area contributed by atoms with Crippen LogP contribution in [0.4, 0.5) is 5.69 Å². The van der Waals surface area contributed by atoms with Crippen molar-refractivity contribution < 1.29 is 0 Å². The largest absolute Gasteiger partial charge is 0.339 e. The van der Waals surface area contributed by atoms with Crippen LogP contribution in [0.2, 0.25) is 0 Å². The van der Waals surface area contributed by atoms with E-state index in [4.69, 9.17) is 11.8 Å². The lowest BCUT2D eigenvalue weighted by atomic mass is 10.3. The molecule has 0 spiro atoms. The first-order valence-electron chi connectivity index (χ1n) is 4.33. The fourth-order valence-corrected chi connectivity index (χ4v) is 1.32. The average Bonchev–Trinajstić information content (AvgIpc) is 2.19. The lowest BCUT2D eigenvalue weighted by molar-refractivity contribution is 0.683. The summed E-state index contributed by atoms with van der Waals surface area (Å²) in [6.45, 7) is 0.640. The maximum atomic E-state index is 5.80. The van der Waals surface area contributed by atoms with Gasteiger partial charge in [0.05, 0.1) is 12.7 Å². The summed E-state index contributed by atoms with van der Waals surface area (Å²) >= 11 is 5.80. The van der Waals surface area contributed by atoms with E-state index >= 15 is 0 Å². The monoisotopic (exact) mass is 207 g/mol. The number of hydrogen-bond donors (Lipinski definition) is 1. The second kappa shape index (κ2) is 4.15. The summed E-state index contributed by atoms with van der Waals surface area (Å²) in [6, 6.07) is 9.85. The molecule has 2 rings (SSSR count). The Bertz CT molecular complexity index is 359. The van der Waals surface area contributed by atoms with Crippen LogP contribution in [-0.2, 0) is 0 Å². The molecule has 1 aliphatic heterocycles. The molecule has 3 nitrogen and oxygen atoms in total. The van der Waals surface area contributed by atoms with E-state index < -0.39 is 0 Å². The minimum atomic E-state index is 0.640. The fraction of sp³-hybridized carbons (Fsp3) is 0.100. The lowest BCUT2D eigenvalue weighted by Gasteiger charge is -2.15. The standard InChI is InChI=1S/C10H10ClN3/c11-14-7-6-12-10(8-14)13-9-4-2-1-3-5-9/h1-6,8,13H,7H2. The van der Waals surface area contributed by atoms with Gasteiger partial charge in [-0.15, -0.1) is 0 Å². The van der Waals surface area contributed by atoms with Gasteiger partial charge < -0.3 is 5.32 Å². The first kappa shape index (κ1) is 9.09. The molecule has 0 unspecified atom stereocenters. The summed E-state index contributed by atoms with van der Waals surface area (Å²) in [5.41, 5.74) is 1.00. The Morgan fingerprint density at radius 3 is 2.79 bits per heavy atom. The van der Waals surface area contributed by atoms with Gasteiger partial charge in [-0.2, -0.15) is 0 Å². The average molecular weight is 208 g/mol. The third kappa shape index (κ3) is 2.26. The Morgan fingerprint density at radius 1 is 1.29 bits per heavy atom. The molecule has 0 bridgehead atoms. The maximum absolute atomic E-state index is 5.80. The summed E-state index contributed by atoms with van der Waals surface area (Å²) in [5.74, 6) is 0.748. The Kier molecular flexibility index (Phi) is 2.70. The van der Waals surface area contributed by atoms with Crippen molar-refractivity contribution >= 4 is 23.7 Å². The highest BCUT2D eigenvalue weighted by molar-refractivity contribution is 6.15. The van der Waals surface area contributed by atoms with E-state index in [0.717, 1.165) is 11.5 Å². The minimum Gasteiger partial charge on any atom is -0.339 e. The summed E-state index contributed by atoms with van der Waals surface area (Å²) in [7, 11) is 0. The molecule has 0 atom stereocenters. The highest BCUT2D eigenvalue weighted by atomic mass is 35.5. The van der Waals surface area contributed by atoms with Crippen LogP contribution in [0, 0.1) is 0 Å². The first-order chi connectivity index (χ1) is 6.84. The number of aliphatic imine (C=N–C) groups is 1. The fourth-order valence-electron chi connectivity index (χ4n) is 1.17. The van der Waals surface area contributed by atoms with Gasteiger partial charge >= 0.3 is 0 Å². The summed E-state index contributed by atoms with van der Waals surface area (Å²) < 4.78 is 1.55.